The summed E-state index contributed by atoms with van der Waals surface area (Å²) in [6.07, 6.45) is 1.95. The highest BCUT2D eigenvalue weighted by molar-refractivity contribution is 7.90. The van der Waals surface area contributed by atoms with Crippen molar-refractivity contribution >= 4 is 33.5 Å². The van der Waals surface area contributed by atoms with Gasteiger partial charge in [-0.25, -0.2) is 17.8 Å². The van der Waals surface area contributed by atoms with Crippen LogP contribution in [0.1, 0.15) is 26.3 Å². The molecule has 0 spiro atoms. The number of nitrogens with one attached hydrogen (secondary N) is 1. The van der Waals surface area contributed by atoms with E-state index in [0.29, 0.717) is 16.9 Å². The van der Waals surface area contributed by atoms with E-state index in [1.807, 2.05) is 13.8 Å². The summed E-state index contributed by atoms with van der Waals surface area (Å²) in [6.45, 7) is 5.50. The minimum atomic E-state index is -3.29. The Kier molecular flexibility index (Phi) is 5.60. The third-order valence-corrected chi connectivity index (χ3v) is 7.43. The first-order valence-electron chi connectivity index (χ1n) is 9.72. The second-order valence-electron chi connectivity index (χ2n) is 8.57. The third kappa shape index (κ3) is 3.89. The number of benzene rings is 2. The Morgan fingerprint density at radius 2 is 1.71 bits per heavy atom. The molecule has 2 unspecified atom stereocenters. The maximum atomic E-state index is 15.0. The van der Waals surface area contributed by atoms with E-state index >= 15 is 4.39 Å². The Morgan fingerprint density at radius 3 is 2.26 bits per heavy atom. The van der Waals surface area contributed by atoms with Gasteiger partial charge in [0.15, 0.2) is 15.8 Å². The number of aliphatic imine (C=N–C) groups is 1. The zero-order valence-corrected chi connectivity index (χ0v) is 19.0. The highest BCUT2D eigenvalue weighted by atomic mass is 32.2. The van der Waals surface area contributed by atoms with Crippen molar-refractivity contribution in [2.45, 2.75) is 37.2 Å². The lowest BCUT2D eigenvalue weighted by Gasteiger charge is -2.51. The molecule has 2 aromatic carbocycles. The van der Waals surface area contributed by atoms with E-state index in [2.05, 4.69) is 10.3 Å². The minimum absolute atomic E-state index is 0.160. The Labute approximate surface area is 182 Å². The first kappa shape index (κ1) is 22.7. The normalized spacial score (nSPS) is 23.2. The number of carbonyl (C=O) groups is 1. The van der Waals surface area contributed by atoms with E-state index in [0.717, 1.165) is 12.5 Å². The van der Waals surface area contributed by atoms with Crippen LogP contribution < -0.4 is 11.1 Å². The molecule has 166 valence electrons. The average Bonchev–Trinajstić information content (AvgIpc) is 2.68. The van der Waals surface area contributed by atoms with Gasteiger partial charge < -0.3 is 20.7 Å². The Bertz CT molecular complexity index is 1150. The zero-order chi connectivity index (χ0) is 23.2. The Morgan fingerprint density at radius 1 is 1.13 bits per heavy atom. The van der Waals surface area contributed by atoms with Crippen LogP contribution >= 0.6 is 0 Å². The summed E-state index contributed by atoms with van der Waals surface area (Å²) in [5, 5.41) is 3.16. The van der Waals surface area contributed by atoms with Gasteiger partial charge in [-0.3, -0.25) is 0 Å². The van der Waals surface area contributed by atoms with Gasteiger partial charge in [-0.1, -0.05) is 13.8 Å². The van der Waals surface area contributed by atoms with E-state index in [1.165, 1.54) is 18.2 Å². The van der Waals surface area contributed by atoms with Crippen LogP contribution in [0.3, 0.4) is 0 Å². The van der Waals surface area contributed by atoms with Crippen LogP contribution in [-0.2, 0) is 20.2 Å². The summed E-state index contributed by atoms with van der Waals surface area (Å²) in [5.74, 6) is -0.299. The summed E-state index contributed by atoms with van der Waals surface area (Å²) >= 11 is 0. The van der Waals surface area contributed by atoms with Crippen molar-refractivity contribution in [3.8, 4) is 0 Å². The zero-order valence-electron chi connectivity index (χ0n) is 18.2. The minimum Gasteiger partial charge on any atom is -0.370 e. The molecule has 0 aliphatic carbocycles. The number of guanidine groups is 1. The molecule has 2 atom stereocenters. The lowest BCUT2D eigenvalue weighted by atomic mass is 9.64. The highest BCUT2D eigenvalue weighted by Gasteiger charge is 2.53. The van der Waals surface area contributed by atoms with Crippen molar-refractivity contribution in [2.24, 2.45) is 16.1 Å². The van der Waals surface area contributed by atoms with Crippen molar-refractivity contribution in [3.63, 3.8) is 0 Å². The van der Waals surface area contributed by atoms with Crippen molar-refractivity contribution in [1.82, 2.24) is 4.90 Å². The topological polar surface area (TPSA) is 105 Å². The van der Waals surface area contributed by atoms with Crippen molar-refractivity contribution in [1.29, 1.82) is 0 Å². The van der Waals surface area contributed by atoms with Gasteiger partial charge in [0.2, 0.25) is 0 Å². The summed E-state index contributed by atoms with van der Waals surface area (Å²) in [4.78, 5) is 18.2. The summed E-state index contributed by atoms with van der Waals surface area (Å²) < 4.78 is 38.3. The molecular weight excluding hydrogens is 419 g/mol. The Hall–Kier alpha value is -2.94. The quantitative estimate of drug-likeness (QED) is 0.684. The average molecular weight is 447 g/mol. The molecule has 31 heavy (non-hydrogen) atoms. The van der Waals surface area contributed by atoms with Crippen LogP contribution in [0.4, 0.5) is 15.8 Å². The van der Waals surface area contributed by atoms with E-state index in [1.54, 1.807) is 43.1 Å². The fourth-order valence-electron chi connectivity index (χ4n) is 3.96. The van der Waals surface area contributed by atoms with Crippen molar-refractivity contribution in [2.75, 3.05) is 18.6 Å². The van der Waals surface area contributed by atoms with Gasteiger partial charge in [-0.2, -0.15) is 0 Å². The number of rotatable bonds is 5. The molecular formula is C22H27FN4O3S. The first-order valence-corrected chi connectivity index (χ1v) is 11.6. The second kappa shape index (κ2) is 7.64. The molecule has 3 N–H and O–H groups in total. The van der Waals surface area contributed by atoms with Crippen LogP contribution in [-0.4, -0.2) is 44.9 Å². The van der Waals surface area contributed by atoms with E-state index in [-0.39, 0.29) is 10.9 Å². The monoisotopic (exact) mass is 446 g/mol. The molecule has 1 aliphatic heterocycles. The second-order valence-corrected chi connectivity index (χ2v) is 10.6. The molecule has 0 bridgehead atoms. The smallest absolute Gasteiger partial charge is 0.192 e. The summed E-state index contributed by atoms with van der Waals surface area (Å²) in [7, 11) is -1.61. The number of hydrogen-bond donors (Lipinski definition) is 2. The molecule has 0 saturated heterocycles. The molecule has 0 aromatic heterocycles. The maximum absolute atomic E-state index is 15.0. The van der Waals surface area contributed by atoms with Crippen molar-refractivity contribution < 1.29 is 17.6 Å². The first-order chi connectivity index (χ1) is 14.3. The lowest BCUT2D eigenvalue weighted by molar-refractivity contribution is -0.116. The number of hydrogen-bond acceptors (Lipinski definition) is 7. The third-order valence-electron chi connectivity index (χ3n) is 6.30. The number of halogens is 1. The van der Waals surface area contributed by atoms with Gasteiger partial charge >= 0.3 is 0 Å². The number of likely N-dealkylation sites (N-methyl/N-ethyl adjacent to an activating group) is 1. The molecule has 2 aromatic rings. The molecule has 0 amide bonds. The standard InChI is InChI=1S/C22H27FN4O3S/c1-21(2)19(13-28)27(4)20(24)26-22(21,3)17-12-15(8-11-18(17)23)25-14-6-9-16(10-7-14)31(5,29)30/h6-13,19,25H,1-5H3,(H2,24,26). The molecule has 0 radical (unpaired) electrons. The molecule has 1 heterocycles. The summed E-state index contributed by atoms with van der Waals surface area (Å²) in [5.41, 5.74) is 5.75. The molecule has 3 rings (SSSR count). The molecule has 7 nitrogen and oxygen atoms in total. The van der Waals surface area contributed by atoms with Crippen LogP contribution in [0.5, 0.6) is 0 Å². The lowest BCUT2D eigenvalue weighted by Crippen LogP contribution is -2.61. The van der Waals surface area contributed by atoms with Gasteiger partial charge in [0.1, 0.15) is 12.1 Å². The van der Waals surface area contributed by atoms with Crippen LogP contribution in [0, 0.1) is 11.2 Å². The number of aldehydes is 1. The van der Waals surface area contributed by atoms with E-state index in [9.17, 15) is 13.2 Å². The molecule has 0 saturated carbocycles. The number of nitrogens with zero attached hydrogens (tertiary/aromatic N) is 2. The highest BCUT2D eigenvalue weighted by Crippen LogP contribution is 2.49. The van der Waals surface area contributed by atoms with E-state index < -0.39 is 32.7 Å². The maximum Gasteiger partial charge on any atom is 0.192 e. The fourth-order valence-corrected chi connectivity index (χ4v) is 4.59. The fraction of sp³-hybridized carbons (Fsp3) is 0.364. The molecule has 0 fully saturated rings. The molecule has 1 aliphatic rings. The SMILES string of the molecule is CN1C(N)=NC(C)(c2cc(Nc3ccc(S(C)(=O)=O)cc3)ccc2F)C(C)(C)C1C=O. The number of sulfone groups is 1. The summed E-state index contributed by atoms with van der Waals surface area (Å²) in [6, 6.07) is 10.3. The molecule has 9 heteroatoms. The predicted octanol–water partition coefficient (Wildman–Crippen LogP) is 3.04. The predicted molar refractivity (Wildman–Crippen MR) is 120 cm³/mol. The van der Waals surface area contributed by atoms with Gasteiger partial charge in [0.05, 0.1) is 16.5 Å². The number of nitrogens with two attached hydrogens (primary N) is 1. The van der Waals surface area contributed by atoms with Crippen LogP contribution in [0.25, 0.3) is 0 Å². The van der Waals surface area contributed by atoms with Gasteiger partial charge in [0.25, 0.3) is 0 Å². The number of anilines is 2. The van der Waals surface area contributed by atoms with Crippen LogP contribution in [0.2, 0.25) is 0 Å². The van der Waals surface area contributed by atoms with E-state index in [4.69, 9.17) is 5.73 Å². The Balaban J connectivity index is 2.04. The number of carbonyl (C=O) groups excluding carboxylic acids is 1. The van der Waals surface area contributed by atoms with Gasteiger partial charge in [0, 0.05) is 35.7 Å². The van der Waals surface area contributed by atoms with Gasteiger partial charge in [-0.05, 0) is 49.4 Å². The van der Waals surface area contributed by atoms with Crippen LogP contribution in [0.15, 0.2) is 52.4 Å². The van der Waals surface area contributed by atoms with Crippen molar-refractivity contribution in [3.05, 3.63) is 53.8 Å². The largest absolute Gasteiger partial charge is 0.370 e. The van der Waals surface area contributed by atoms with Gasteiger partial charge in [-0.15, -0.1) is 0 Å².